The van der Waals surface area contributed by atoms with Crippen molar-refractivity contribution in [3.05, 3.63) is 214 Å². The van der Waals surface area contributed by atoms with Crippen molar-refractivity contribution in [2.45, 2.75) is 21.4 Å². The van der Waals surface area contributed by atoms with E-state index in [0.717, 1.165) is 39.5 Å². The van der Waals surface area contributed by atoms with Crippen molar-refractivity contribution in [3.8, 4) is 28.3 Å². The van der Waals surface area contributed by atoms with Crippen LogP contribution in [0, 0.1) is 11.3 Å². The lowest BCUT2D eigenvalue weighted by Gasteiger charge is -2.39. The Hall–Kier alpha value is -6.48. The Morgan fingerprint density at radius 2 is 1.04 bits per heavy atom. The van der Waals surface area contributed by atoms with Gasteiger partial charge in [0.25, 0.3) is 0 Å². The third-order valence-corrected chi connectivity index (χ3v) is 11.6. The second-order valence-electron chi connectivity index (χ2n) is 13.3. The summed E-state index contributed by atoms with van der Waals surface area (Å²) in [5.41, 5.74) is 12.7. The number of hydrogen-bond acceptors (Lipinski definition) is 5. The minimum absolute atomic E-state index is 0.382. The molecule has 5 heteroatoms. The van der Waals surface area contributed by atoms with Crippen molar-refractivity contribution in [1.82, 2.24) is 5.32 Å². The van der Waals surface area contributed by atoms with E-state index in [4.69, 9.17) is 9.98 Å². The molecule has 1 aliphatic carbocycles. The molecule has 0 fully saturated rings. The standard InChI is InChI=1S/C47H30N4S/c48-29-30-12-11-17-33(26-30)34-22-24-38-36(27-34)37-28-35(46-50-44(31-13-3-1-4-14-31)49-45(51-46)32-15-5-2-6-16-32)23-25-39(37)47(38)40-18-7-9-20-42(40)52-43-21-10-8-19-41(43)47/h1-28,44H,(H,49,50,51). The Labute approximate surface area is 306 Å². The summed E-state index contributed by atoms with van der Waals surface area (Å²) in [5, 5.41) is 13.3. The van der Waals surface area contributed by atoms with Crippen LogP contribution in [0.1, 0.15) is 50.7 Å². The minimum Gasteiger partial charge on any atom is -0.324 e. The highest BCUT2D eigenvalue weighted by Crippen LogP contribution is 2.62. The average Bonchev–Trinajstić information content (AvgIpc) is 3.50. The molecule has 244 valence electrons. The first kappa shape index (κ1) is 30.4. The molecule has 0 aromatic heterocycles. The number of fused-ring (bicyclic) bond motifs is 9. The monoisotopic (exact) mass is 682 g/mol. The Kier molecular flexibility index (Phi) is 7.06. The highest BCUT2D eigenvalue weighted by Gasteiger charge is 2.50. The van der Waals surface area contributed by atoms with Gasteiger partial charge in [-0.3, -0.25) is 0 Å². The van der Waals surface area contributed by atoms with E-state index in [-0.39, 0.29) is 6.17 Å². The van der Waals surface area contributed by atoms with Crippen molar-refractivity contribution in [2.24, 2.45) is 9.98 Å². The molecule has 0 amide bonds. The zero-order chi connectivity index (χ0) is 34.6. The zero-order valence-corrected chi connectivity index (χ0v) is 28.8. The number of rotatable bonds is 4. The van der Waals surface area contributed by atoms with Crippen LogP contribution in [-0.2, 0) is 5.41 Å². The molecule has 1 atom stereocenters. The van der Waals surface area contributed by atoms with Gasteiger partial charge in [0.15, 0.2) is 6.17 Å². The van der Waals surface area contributed by atoms with Crippen LogP contribution >= 0.6 is 11.8 Å². The van der Waals surface area contributed by atoms with E-state index in [1.165, 1.54) is 43.2 Å². The number of amidine groups is 2. The summed E-state index contributed by atoms with van der Waals surface area (Å²) >= 11 is 1.85. The maximum atomic E-state index is 9.71. The maximum Gasteiger partial charge on any atom is 0.169 e. The molecule has 1 unspecified atom stereocenters. The first-order chi connectivity index (χ1) is 25.7. The number of benzene rings is 7. The van der Waals surface area contributed by atoms with E-state index in [1.807, 2.05) is 66.4 Å². The number of nitrogens with one attached hydrogen (secondary N) is 1. The molecular formula is C47H30N4S. The third kappa shape index (κ3) is 4.69. The summed E-state index contributed by atoms with van der Waals surface area (Å²) in [6.07, 6.45) is -0.382. The number of hydrogen-bond donors (Lipinski definition) is 1. The van der Waals surface area contributed by atoms with Crippen molar-refractivity contribution >= 4 is 23.4 Å². The number of nitrogens with zero attached hydrogens (tertiary/aromatic N) is 3. The van der Waals surface area contributed by atoms with Crippen LogP contribution in [0.25, 0.3) is 22.3 Å². The van der Waals surface area contributed by atoms with Gasteiger partial charge < -0.3 is 5.32 Å². The fraction of sp³-hybridized carbons (Fsp3) is 0.0426. The summed E-state index contributed by atoms with van der Waals surface area (Å²) in [6, 6.07) is 62.1. The third-order valence-electron chi connectivity index (χ3n) is 10.4. The quantitative estimate of drug-likeness (QED) is 0.201. The molecule has 4 nitrogen and oxygen atoms in total. The molecule has 0 radical (unpaired) electrons. The van der Waals surface area contributed by atoms with Crippen LogP contribution in [0.15, 0.2) is 190 Å². The molecular weight excluding hydrogens is 653 g/mol. The summed E-state index contributed by atoms with van der Waals surface area (Å²) in [6.45, 7) is 0. The van der Waals surface area contributed by atoms with E-state index in [0.29, 0.717) is 5.56 Å². The highest BCUT2D eigenvalue weighted by atomic mass is 32.2. The van der Waals surface area contributed by atoms with Gasteiger partial charge in [-0.15, -0.1) is 0 Å². The second-order valence-corrected chi connectivity index (χ2v) is 14.4. The molecule has 0 saturated heterocycles. The van der Waals surface area contributed by atoms with Gasteiger partial charge in [-0.25, -0.2) is 9.98 Å². The van der Waals surface area contributed by atoms with E-state index in [1.54, 1.807) is 0 Å². The van der Waals surface area contributed by atoms with Crippen LogP contribution < -0.4 is 5.32 Å². The van der Waals surface area contributed by atoms with Gasteiger partial charge in [0.1, 0.15) is 11.7 Å². The Morgan fingerprint density at radius 1 is 0.500 bits per heavy atom. The molecule has 52 heavy (non-hydrogen) atoms. The van der Waals surface area contributed by atoms with E-state index in [2.05, 4.69) is 127 Å². The molecule has 1 spiro atoms. The van der Waals surface area contributed by atoms with Crippen LogP contribution in [0.3, 0.4) is 0 Å². The molecule has 0 bridgehead atoms. The average molecular weight is 683 g/mol. The summed E-state index contributed by atoms with van der Waals surface area (Å²) in [5.74, 6) is 1.58. The second kappa shape index (κ2) is 12.1. The topological polar surface area (TPSA) is 60.5 Å². The van der Waals surface area contributed by atoms with E-state index >= 15 is 0 Å². The van der Waals surface area contributed by atoms with Crippen molar-refractivity contribution in [3.63, 3.8) is 0 Å². The normalized spacial score (nSPS) is 15.9. The van der Waals surface area contributed by atoms with Crippen molar-refractivity contribution in [1.29, 1.82) is 5.26 Å². The van der Waals surface area contributed by atoms with Crippen LogP contribution in [0.4, 0.5) is 0 Å². The highest BCUT2D eigenvalue weighted by molar-refractivity contribution is 7.99. The van der Waals surface area contributed by atoms with Crippen molar-refractivity contribution < 1.29 is 0 Å². The lowest BCUT2D eigenvalue weighted by molar-refractivity contribution is 0.722. The summed E-state index contributed by atoms with van der Waals surface area (Å²) in [7, 11) is 0. The molecule has 3 aliphatic rings. The predicted octanol–water partition coefficient (Wildman–Crippen LogP) is 10.5. The number of aliphatic imine (C=N–C) groups is 2. The summed E-state index contributed by atoms with van der Waals surface area (Å²) < 4.78 is 0. The molecule has 7 aromatic carbocycles. The molecule has 0 saturated carbocycles. The lowest BCUT2D eigenvalue weighted by Crippen LogP contribution is -2.36. The van der Waals surface area contributed by atoms with Gasteiger partial charge in [0.05, 0.1) is 17.0 Å². The van der Waals surface area contributed by atoms with E-state index in [9.17, 15) is 5.26 Å². The van der Waals surface area contributed by atoms with Gasteiger partial charge in [-0.05, 0) is 86.5 Å². The van der Waals surface area contributed by atoms with Crippen LogP contribution in [0.2, 0.25) is 0 Å². The van der Waals surface area contributed by atoms with Crippen LogP contribution in [0.5, 0.6) is 0 Å². The Morgan fingerprint density at radius 3 is 1.71 bits per heavy atom. The van der Waals surface area contributed by atoms with Gasteiger partial charge in [-0.2, -0.15) is 5.26 Å². The fourth-order valence-electron chi connectivity index (χ4n) is 8.12. The molecule has 7 aromatic rings. The molecule has 1 N–H and O–H groups in total. The molecule has 10 rings (SSSR count). The Balaban J connectivity index is 1.21. The first-order valence-electron chi connectivity index (χ1n) is 17.4. The SMILES string of the molecule is N#Cc1cccc(-c2ccc3c(c2)-c2cc(C4=NC(c5ccccc5)N=C(c5ccccc5)N4)ccc2C32c3ccccc3Sc3ccccc32)c1. The summed E-state index contributed by atoms with van der Waals surface area (Å²) in [4.78, 5) is 12.8. The van der Waals surface area contributed by atoms with Crippen LogP contribution in [-0.4, -0.2) is 11.7 Å². The van der Waals surface area contributed by atoms with Gasteiger partial charge in [0, 0.05) is 20.9 Å². The van der Waals surface area contributed by atoms with Crippen molar-refractivity contribution in [2.75, 3.05) is 0 Å². The van der Waals surface area contributed by atoms with Gasteiger partial charge in [-0.1, -0.05) is 145 Å². The zero-order valence-electron chi connectivity index (χ0n) is 28.0. The van der Waals surface area contributed by atoms with E-state index < -0.39 is 5.41 Å². The number of nitriles is 1. The largest absolute Gasteiger partial charge is 0.324 e. The lowest BCUT2D eigenvalue weighted by atomic mass is 9.67. The minimum atomic E-state index is -0.500. The molecule has 2 heterocycles. The molecule has 2 aliphatic heterocycles. The predicted molar refractivity (Wildman–Crippen MR) is 210 cm³/mol. The fourth-order valence-corrected chi connectivity index (χ4v) is 9.31. The van der Waals surface area contributed by atoms with Gasteiger partial charge >= 0.3 is 0 Å². The Bertz CT molecular complexity index is 2610. The maximum absolute atomic E-state index is 9.71. The smallest absolute Gasteiger partial charge is 0.169 e. The van der Waals surface area contributed by atoms with Gasteiger partial charge in [0.2, 0.25) is 0 Å². The first-order valence-corrected chi connectivity index (χ1v) is 18.2.